The van der Waals surface area contributed by atoms with Crippen LogP contribution in [0.1, 0.15) is 33.1 Å². The summed E-state index contributed by atoms with van der Waals surface area (Å²) in [5, 5.41) is 1.17. The second-order valence-corrected chi connectivity index (χ2v) is 10.9. The zero-order valence-electron chi connectivity index (χ0n) is 23.9. The fourth-order valence-corrected chi connectivity index (χ4v) is 5.95. The quantitative estimate of drug-likeness (QED) is 0.226. The van der Waals surface area contributed by atoms with Crippen LogP contribution in [0.3, 0.4) is 0 Å². The summed E-state index contributed by atoms with van der Waals surface area (Å²) in [6.07, 6.45) is 2.79. The van der Waals surface area contributed by atoms with Gasteiger partial charge in [-0.05, 0) is 43.3 Å². The van der Waals surface area contributed by atoms with Gasteiger partial charge in [0, 0.05) is 67.2 Å². The van der Waals surface area contributed by atoms with Crippen LogP contribution in [0, 0.1) is 6.92 Å². The fourth-order valence-electron chi connectivity index (χ4n) is 5.42. The summed E-state index contributed by atoms with van der Waals surface area (Å²) in [6, 6.07) is 9.12. The van der Waals surface area contributed by atoms with Crippen LogP contribution in [0.4, 0.5) is 10.5 Å². The van der Waals surface area contributed by atoms with Crippen molar-refractivity contribution in [1.29, 1.82) is 0 Å². The molecule has 0 bridgehead atoms. The number of aromatic nitrogens is 1. The van der Waals surface area contributed by atoms with E-state index in [9.17, 15) is 14.4 Å². The number of benzene rings is 2. The molecule has 0 spiro atoms. The van der Waals surface area contributed by atoms with Crippen molar-refractivity contribution in [3.8, 4) is 11.5 Å². The zero-order valence-corrected chi connectivity index (χ0v) is 26.3. The summed E-state index contributed by atoms with van der Waals surface area (Å²) in [5.74, 6) is 0.150. The number of nitrogens with zero attached hydrogens (tertiary/aromatic N) is 3. The first-order chi connectivity index (χ1) is 19.7. The van der Waals surface area contributed by atoms with Gasteiger partial charge in [-0.25, -0.2) is 9.59 Å². The summed E-state index contributed by atoms with van der Waals surface area (Å²) < 4.78 is 16.3. The maximum atomic E-state index is 13.6. The lowest BCUT2D eigenvalue weighted by molar-refractivity contribution is -0.114. The van der Waals surface area contributed by atoms with Gasteiger partial charge in [0.2, 0.25) is 0 Å². The number of nitrogens with one attached hydrogen (secondary N) is 1. The molecule has 2 amide bonds. The van der Waals surface area contributed by atoms with E-state index in [0.29, 0.717) is 52.8 Å². The molecule has 42 heavy (non-hydrogen) atoms. The van der Waals surface area contributed by atoms with Crippen molar-refractivity contribution in [3.05, 3.63) is 58.8 Å². The lowest BCUT2D eigenvalue weighted by Crippen LogP contribution is -2.48. The standard InChI is InChI=1S/C30H33BrN4O6.ClH/c1-18-25(29(37)40-4)27-26-20(16-31)17-35(24(36)10-7-19-5-8-21(39-3)9-6-19)22(26)15-23(28(27)32-18)41-30(38)34-13-11-33(2)12-14-34;/h5-10,15,20,32H,11-14,16-17H2,1-4H3;1H/b10-7+;/t20-;/m1./s1. The number of carbonyl (C=O) groups excluding carboxylic acids is 3. The average molecular weight is 662 g/mol. The number of likely N-dealkylation sites (N-methyl/N-ethyl adjacent to an activating group) is 1. The molecule has 0 aliphatic carbocycles. The number of aryl methyl sites for hydroxylation is 1. The van der Waals surface area contributed by atoms with Gasteiger partial charge in [0.1, 0.15) is 5.75 Å². The lowest BCUT2D eigenvalue weighted by atomic mass is 9.95. The number of H-pyrrole nitrogens is 1. The molecule has 3 heterocycles. The normalized spacial score (nSPS) is 16.8. The van der Waals surface area contributed by atoms with Crippen molar-refractivity contribution in [1.82, 2.24) is 14.8 Å². The Morgan fingerprint density at radius 1 is 1.10 bits per heavy atom. The van der Waals surface area contributed by atoms with Crippen LogP contribution in [0.15, 0.2) is 36.4 Å². The summed E-state index contributed by atoms with van der Waals surface area (Å²) in [4.78, 5) is 48.5. The van der Waals surface area contributed by atoms with E-state index in [1.54, 1.807) is 36.0 Å². The Kier molecular flexibility index (Phi) is 9.85. The molecule has 0 radical (unpaired) electrons. The molecule has 1 atom stereocenters. The molecule has 2 aliphatic heterocycles. The molecule has 1 N–H and O–H groups in total. The predicted octanol–water partition coefficient (Wildman–Crippen LogP) is 4.98. The van der Waals surface area contributed by atoms with Crippen LogP contribution < -0.4 is 14.4 Å². The van der Waals surface area contributed by atoms with Crippen LogP contribution in [0.5, 0.6) is 11.5 Å². The van der Waals surface area contributed by atoms with Crippen LogP contribution in [-0.4, -0.2) is 92.1 Å². The number of hydrogen-bond donors (Lipinski definition) is 1. The Morgan fingerprint density at radius 3 is 2.40 bits per heavy atom. The Bertz CT molecular complexity index is 1510. The Balaban J connectivity index is 0.00000405. The van der Waals surface area contributed by atoms with Gasteiger partial charge in [0.15, 0.2) is 5.75 Å². The number of ether oxygens (including phenoxy) is 3. The number of halogens is 2. The van der Waals surface area contributed by atoms with E-state index in [1.165, 1.54) is 13.2 Å². The minimum Gasteiger partial charge on any atom is -0.497 e. The van der Waals surface area contributed by atoms with E-state index < -0.39 is 12.1 Å². The van der Waals surface area contributed by atoms with Gasteiger partial charge in [-0.3, -0.25) is 4.79 Å². The maximum absolute atomic E-state index is 13.6. The third-order valence-electron chi connectivity index (χ3n) is 7.68. The number of carbonyl (C=O) groups is 3. The molecule has 1 fully saturated rings. The van der Waals surface area contributed by atoms with Gasteiger partial charge in [0.05, 0.1) is 31.0 Å². The summed E-state index contributed by atoms with van der Waals surface area (Å²) in [5.41, 5.74) is 3.75. The molecule has 5 rings (SSSR count). The molecule has 0 unspecified atom stereocenters. The topological polar surface area (TPSA) is 104 Å². The third kappa shape index (κ3) is 5.99. The minimum atomic E-state index is -0.504. The molecular formula is C30H34BrClN4O6. The molecule has 12 heteroatoms. The number of amides is 2. The van der Waals surface area contributed by atoms with Crippen molar-refractivity contribution in [2.75, 3.05) is 64.2 Å². The molecule has 0 saturated carbocycles. The summed E-state index contributed by atoms with van der Waals surface area (Å²) >= 11 is 3.61. The number of rotatable bonds is 6. The Hall–Kier alpha value is -3.54. The SMILES string of the molecule is COC(=O)c1c(C)[nH]c2c(OC(=O)N3CCN(C)CC3)cc3c(c12)[C@H](CBr)CN3C(=O)/C=C/c1ccc(OC)cc1.Cl. The minimum absolute atomic E-state index is 0. The largest absolute Gasteiger partial charge is 0.497 e. The molecule has 1 saturated heterocycles. The van der Waals surface area contributed by atoms with Crippen LogP contribution in [0.2, 0.25) is 0 Å². The van der Waals surface area contributed by atoms with Crippen LogP contribution in [0.25, 0.3) is 17.0 Å². The number of piperazine rings is 1. The fraction of sp³-hybridized carbons (Fsp3) is 0.367. The molecule has 2 aliphatic rings. The third-order valence-corrected chi connectivity index (χ3v) is 8.47. The van der Waals surface area contributed by atoms with Crippen molar-refractivity contribution in [2.24, 2.45) is 0 Å². The lowest BCUT2D eigenvalue weighted by Gasteiger charge is -2.31. The van der Waals surface area contributed by atoms with Gasteiger partial charge >= 0.3 is 12.1 Å². The van der Waals surface area contributed by atoms with Crippen molar-refractivity contribution in [2.45, 2.75) is 12.8 Å². The predicted molar refractivity (Wildman–Crippen MR) is 168 cm³/mol. The van der Waals surface area contributed by atoms with Crippen LogP contribution in [-0.2, 0) is 9.53 Å². The Labute approximate surface area is 259 Å². The highest BCUT2D eigenvalue weighted by Crippen LogP contribution is 2.47. The first-order valence-corrected chi connectivity index (χ1v) is 14.5. The second kappa shape index (κ2) is 13.2. The number of esters is 1. The van der Waals surface area contributed by atoms with Crippen molar-refractivity contribution in [3.63, 3.8) is 0 Å². The van der Waals surface area contributed by atoms with Crippen LogP contribution >= 0.6 is 28.3 Å². The average Bonchev–Trinajstić information content (AvgIpc) is 3.53. The molecule has 224 valence electrons. The molecule has 2 aromatic carbocycles. The zero-order chi connectivity index (χ0) is 29.3. The monoisotopic (exact) mass is 660 g/mol. The number of methoxy groups -OCH3 is 2. The van der Waals surface area contributed by atoms with Crippen molar-refractivity contribution < 1.29 is 28.6 Å². The summed E-state index contributed by atoms with van der Waals surface area (Å²) in [6.45, 7) is 4.77. The van der Waals surface area contributed by atoms with E-state index >= 15 is 0 Å². The molecule has 10 nitrogen and oxygen atoms in total. The number of aromatic amines is 1. The molecular weight excluding hydrogens is 628 g/mol. The van der Waals surface area contributed by atoms with E-state index in [1.807, 2.05) is 31.3 Å². The van der Waals surface area contributed by atoms with E-state index in [2.05, 4.69) is 25.8 Å². The summed E-state index contributed by atoms with van der Waals surface area (Å²) in [7, 11) is 4.95. The highest BCUT2D eigenvalue weighted by atomic mass is 79.9. The van der Waals surface area contributed by atoms with Gasteiger partial charge in [0.25, 0.3) is 5.91 Å². The maximum Gasteiger partial charge on any atom is 0.415 e. The Morgan fingerprint density at radius 2 is 1.79 bits per heavy atom. The highest BCUT2D eigenvalue weighted by molar-refractivity contribution is 9.09. The van der Waals surface area contributed by atoms with Gasteiger partial charge < -0.3 is 33.9 Å². The van der Waals surface area contributed by atoms with Gasteiger partial charge in [-0.1, -0.05) is 28.1 Å². The number of hydrogen-bond acceptors (Lipinski definition) is 7. The number of alkyl halides is 1. The number of anilines is 1. The first kappa shape index (κ1) is 31.4. The highest BCUT2D eigenvalue weighted by Gasteiger charge is 2.37. The van der Waals surface area contributed by atoms with E-state index in [-0.39, 0.29) is 30.0 Å². The second-order valence-electron chi connectivity index (χ2n) is 10.2. The van der Waals surface area contributed by atoms with E-state index in [4.69, 9.17) is 14.2 Å². The van der Waals surface area contributed by atoms with Gasteiger partial charge in [-0.2, -0.15) is 0 Å². The molecule has 1 aromatic heterocycles. The van der Waals surface area contributed by atoms with Gasteiger partial charge in [-0.15, -0.1) is 12.4 Å². The van der Waals surface area contributed by atoms with Crippen molar-refractivity contribution >= 4 is 69.0 Å². The number of fused-ring (bicyclic) bond motifs is 3. The first-order valence-electron chi connectivity index (χ1n) is 13.4. The molecule has 3 aromatic rings. The smallest absolute Gasteiger partial charge is 0.415 e. The van der Waals surface area contributed by atoms with E-state index in [0.717, 1.165) is 30.0 Å².